The van der Waals surface area contributed by atoms with E-state index in [0.717, 1.165) is 24.9 Å². The van der Waals surface area contributed by atoms with E-state index in [1.165, 1.54) is 0 Å². The summed E-state index contributed by atoms with van der Waals surface area (Å²) in [6.07, 6.45) is 2.00. The van der Waals surface area contributed by atoms with Crippen LogP contribution in [-0.4, -0.2) is 29.9 Å². The minimum Gasteiger partial charge on any atom is -0.489 e. The van der Waals surface area contributed by atoms with Gasteiger partial charge in [-0.1, -0.05) is 29.8 Å². The lowest BCUT2D eigenvalue weighted by Gasteiger charge is -2.23. The van der Waals surface area contributed by atoms with Gasteiger partial charge in [0.05, 0.1) is 0 Å². The zero-order valence-electron chi connectivity index (χ0n) is 13.5. The second kappa shape index (κ2) is 7.69. The zero-order chi connectivity index (χ0) is 16.9. The zero-order valence-corrected chi connectivity index (χ0v) is 14.2. The normalized spacial score (nSPS) is 17.1. The maximum Gasteiger partial charge on any atom is 0.254 e. The van der Waals surface area contributed by atoms with Crippen LogP contribution in [0.4, 0.5) is 0 Å². The third kappa shape index (κ3) is 3.89. The van der Waals surface area contributed by atoms with E-state index in [2.05, 4.69) is 0 Å². The third-order valence-electron chi connectivity index (χ3n) is 4.31. The topological polar surface area (TPSA) is 55.6 Å². The number of ether oxygens (including phenoxy) is 1. The van der Waals surface area contributed by atoms with Gasteiger partial charge in [0.2, 0.25) is 0 Å². The maximum absolute atomic E-state index is 12.7. The number of benzene rings is 2. The number of carbonyl (C=O) groups is 1. The lowest BCUT2D eigenvalue weighted by Crippen LogP contribution is -2.39. The fourth-order valence-electron chi connectivity index (χ4n) is 2.98. The van der Waals surface area contributed by atoms with E-state index < -0.39 is 0 Å². The molecule has 1 aliphatic heterocycles. The highest BCUT2D eigenvalue weighted by Crippen LogP contribution is 2.22. The number of rotatable bonds is 5. The molecule has 0 bridgehead atoms. The fraction of sp³-hybridized carbons (Fsp3) is 0.316. The number of amides is 1. The van der Waals surface area contributed by atoms with Crippen LogP contribution in [0.5, 0.6) is 5.75 Å². The van der Waals surface area contributed by atoms with Crippen molar-refractivity contribution in [3.63, 3.8) is 0 Å². The van der Waals surface area contributed by atoms with Crippen molar-refractivity contribution in [1.82, 2.24) is 4.90 Å². The number of hydrogen-bond acceptors (Lipinski definition) is 3. The van der Waals surface area contributed by atoms with Crippen LogP contribution in [0.2, 0.25) is 5.02 Å². The highest BCUT2D eigenvalue weighted by molar-refractivity contribution is 6.30. The molecule has 24 heavy (non-hydrogen) atoms. The molecule has 1 unspecified atom stereocenters. The van der Waals surface area contributed by atoms with Gasteiger partial charge in [0.25, 0.3) is 5.91 Å². The lowest BCUT2D eigenvalue weighted by atomic mass is 10.1. The molecule has 126 valence electrons. The van der Waals surface area contributed by atoms with Gasteiger partial charge in [-0.15, -0.1) is 0 Å². The summed E-state index contributed by atoms with van der Waals surface area (Å²) >= 11 is 5.88. The standard InChI is InChI=1S/C19H21ClN2O2/c20-16-8-6-14(7-9-16)13-24-18-5-1-3-15(11-18)19(23)22-10-2-4-17(22)12-21/h1,3,5-9,11,17H,2,4,10,12-13,21H2. The second-order valence-electron chi connectivity index (χ2n) is 5.97. The van der Waals surface area contributed by atoms with Gasteiger partial charge in [0.1, 0.15) is 12.4 Å². The number of likely N-dealkylation sites (tertiary alicyclic amines) is 1. The Morgan fingerprint density at radius 2 is 2.04 bits per heavy atom. The van der Waals surface area contributed by atoms with Crippen LogP contribution < -0.4 is 10.5 Å². The quantitative estimate of drug-likeness (QED) is 0.903. The van der Waals surface area contributed by atoms with Gasteiger partial charge in [-0.2, -0.15) is 0 Å². The van der Waals surface area contributed by atoms with E-state index in [-0.39, 0.29) is 11.9 Å². The average Bonchev–Trinajstić information content (AvgIpc) is 3.09. The minimum absolute atomic E-state index is 0.0277. The van der Waals surface area contributed by atoms with E-state index in [0.29, 0.717) is 29.5 Å². The number of carbonyl (C=O) groups excluding carboxylic acids is 1. The van der Waals surface area contributed by atoms with Crippen molar-refractivity contribution in [2.24, 2.45) is 5.73 Å². The van der Waals surface area contributed by atoms with Crippen molar-refractivity contribution in [2.45, 2.75) is 25.5 Å². The van der Waals surface area contributed by atoms with Crippen molar-refractivity contribution >= 4 is 17.5 Å². The number of nitrogens with two attached hydrogens (primary N) is 1. The summed E-state index contributed by atoms with van der Waals surface area (Å²) in [4.78, 5) is 14.6. The van der Waals surface area contributed by atoms with Crippen molar-refractivity contribution < 1.29 is 9.53 Å². The predicted molar refractivity (Wildman–Crippen MR) is 95.3 cm³/mol. The summed E-state index contributed by atoms with van der Waals surface area (Å²) in [5.74, 6) is 0.708. The van der Waals surface area contributed by atoms with Crippen LogP contribution in [0.1, 0.15) is 28.8 Å². The Bertz CT molecular complexity index is 703. The van der Waals surface area contributed by atoms with Crippen LogP contribution in [0.15, 0.2) is 48.5 Å². The van der Waals surface area contributed by atoms with E-state index in [1.807, 2.05) is 47.4 Å². The van der Waals surface area contributed by atoms with E-state index >= 15 is 0 Å². The Morgan fingerprint density at radius 3 is 2.79 bits per heavy atom. The van der Waals surface area contributed by atoms with Crippen LogP contribution in [0, 0.1) is 0 Å². The molecule has 4 nitrogen and oxygen atoms in total. The minimum atomic E-state index is 0.0277. The molecule has 1 fully saturated rings. The van der Waals surface area contributed by atoms with Crippen LogP contribution in [-0.2, 0) is 6.61 Å². The first-order valence-corrected chi connectivity index (χ1v) is 8.53. The van der Waals surface area contributed by atoms with Crippen LogP contribution in [0.3, 0.4) is 0 Å². The summed E-state index contributed by atoms with van der Waals surface area (Å²) < 4.78 is 5.80. The molecular weight excluding hydrogens is 324 g/mol. The fourth-order valence-corrected chi connectivity index (χ4v) is 3.11. The molecule has 2 aromatic rings. The smallest absolute Gasteiger partial charge is 0.254 e. The Labute approximate surface area is 147 Å². The molecule has 0 radical (unpaired) electrons. The van der Waals surface area contributed by atoms with Crippen molar-refractivity contribution in [3.8, 4) is 5.75 Å². The third-order valence-corrected chi connectivity index (χ3v) is 4.56. The first-order chi connectivity index (χ1) is 11.7. The lowest BCUT2D eigenvalue weighted by molar-refractivity contribution is 0.0740. The summed E-state index contributed by atoms with van der Waals surface area (Å²) in [5.41, 5.74) is 7.43. The highest BCUT2D eigenvalue weighted by Gasteiger charge is 2.28. The molecule has 2 aromatic carbocycles. The molecule has 0 aromatic heterocycles. The second-order valence-corrected chi connectivity index (χ2v) is 6.41. The Morgan fingerprint density at radius 1 is 1.25 bits per heavy atom. The van der Waals surface area contributed by atoms with Crippen molar-refractivity contribution in [1.29, 1.82) is 0 Å². The van der Waals surface area contributed by atoms with Gasteiger partial charge >= 0.3 is 0 Å². The van der Waals surface area contributed by atoms with E-state index in [4.69, 9.17) is 22.1 Å². The van der Waals surface area contributed by atoms with Gasteiger partial charge in [-0.3, -0.25) is 4.79 Å². The van der Waals surface area contributed by atoms with E-state index in [9.17, 15) is 4.79 Å². The predicted octanol–water partition coefficient (Wildman–Crippen LogP) is 3.48. The van der Waals surface area contributed by atoms with Gasteiger partial charge < -0.3 is 15.4 Å². The number of hydrogen-bond donors (Lipinski definition) is 1. The molecule has 2 N–H and O–H groups in total. The highest BCUT2D eigenvalue weighted by atomic mass is 35.5. The van der Waals surface area contributed by atoms with Gasteiger partial charge in [-0.25, -0.2) is 0 Å². The monoisotopic (exact) mass is 344 g/mol. The first-order valence-electron chi connectivity index (χ1n) is 8.15. The average molecular weight is 345 g/mol. The molecule has 1 amide bonds. The van der Waals surface area contributed by atoms with Gasteiger partial charge in [-0.05, 0) is 48.7 Å². The molecule has 0 spiro atoms. The number of halogens is 1. The molecule has 1 heterocycles. The number of nitrogens with zero attached hydrogens (tertiary/aromatic N) is 1. The Kier molecular flexibility index (Phi) is 5.38. The molecule has 0 saturated carbocycles. The van der Waals surface area contributed by atoms with Crippen LogP contribution >= 0.6 is 11.6 Å². The van der Waals surface area contributed by atoms with Crippen molar-refractivity contribution in [2.75, 3.05) is 13.1 Å². The molecule has 3 rings (SSSR count). The van der Waals surface area contributed by atoms with E-state index in [1.54, 1.807) is 6.07 Å². The van der Waals surface area contributed by atoms with Crippen LogP contribution in [0.25, 0.3) is 0 Å². The largest absolute Gasteiger partial charge is 0.489 e. The molecule has 1 saturated heterocycles. The summed E-state index contributed by atoms with van der Waals surface area (Å²) in [7, 11) is 0. The maximum atomic E-state index is 12.7. The molecule has 5 heteroatoms. The Hall–Kier alpha value is -2.04. The summed E-state index contributed by atoms with van der Waals surface area (Å²) in [5, 5.41) is 0.700. The van der Waals surface area contributed by atoms with Gasteiger partial charge in [0.15, 0.2) is 0 Å². The molecular formula is C19H21ClN2O2. The van der Waals surface area contributed by atoms with Gasteiger partial charge in [0, 0.05) is 29.7 Å². The summed E-state index contributed by atoms with van der Waals surface area (Å²) in [6, 6.07) is 15.0. The summed E-state index contributed by atoms with van der Waals surface area (Å²) in [6.45, 7) is 1.72. The van der Waals surface area contributed by atoms with Crippen molar-refractivity contribution in [3.05, 3.63) is 64.7 Å². The molecule has 0 aliphatic carbocycles. The molecule has 1 atom stereocenters. The SMILES string of the molecule is NCC1CCCN1C(=O)c1cccc(OCc2ccc(Cl)cc2)c1. The first kappa shape index (κ1) is 16.8. The molecule has 1 aliphatic rings. The Balaban J connectivity index is 1.67.